The molecule has 0 aromatic heterocycles. The minimum Gasteiger partial charge on any atom is -0.508 e. The zero-order chi connectivity index (χ0) is 20.1. The fourth-order valence-corrected chi connectivity index (χ4v) is 4.02. The lowest BCUT2D eigenvalue weighted by Gasteiger charge is -2.18. The highest BCUT2D eigenvalue weighted by Gasteiger charge is 2.12. The zero-order valence-corrected chi connectivity index (χ0v) is 18.3. The molecule has 0 fully saturated rings. The second-order valence-corrected chi connectivity index (χ2v) is 9.28. The van der Waals surface area contributed by atoms with Crippen molar-refractivity contribution in [2.45, 2.75) is 91.9 Å². The molecule has 0 aliphatic heterocycles. The fourth-order valence-electron chi connectivity index (χ4n) is 4.02. The van der Waals surface area contributed by atoms with E-state index in [4.69, 9.17) is 0 Å². The van der Waals surface area contributed by atoms with Gasteiger partial charge < -0.3 is 10.2 Å². The van der Waals surface area contributed by atoms with E-state index in [1.807, 2.05) is 18.2 Å². The third-order valence-electron chi connectivity index (χ3n) is 5.92. The standard InChI is InChI=1S/C25H44O2/c1-20(2)10-7-11-21(3)12-8-14-23(19-26)15-9-13-22(4)18-24-16-5-6-17-25(24)27/h5-6,16-17,20-23,26-27H,7-15,18-19H2,1-4H3. The largest absolute Gasteiger partial charge is 0.508 e. The van der Waals surface area contributed by atoms with Crippen molar-refractivity contribution in [1.29, 1.82) is 0 Å². The van der Waals surface area contributed by atoms with Gasteiger partial charge in [0.1, 0.15) is 5.75 Å². The molecule has 1 rings (SSSR count). The summed E-state index contributed by atoms with van der Waals surface area (Å²) in [5.74, 6) is 3.09. The van der Waals surface area contributed by atoms with Crippen molar-refractivity contribution in [3.05, 3.63) is 29.8 Å². The van der Waals surface area contributed by atoms with Gasteiger partial charge in [-0.1, -0.05) is 90.8 Å². The summed E-state index contributed by atoms with van der Waals surface area (Å²) < 4.78 is 0. The average Bonchev–Trinajstić information content (AvgIpc) is 2.62. The van der Waals surface area contributed by atoms with E-state index in [0.717, 1.165) is 36.7 Å². The first-order valence-electron chi connectivity index (χ1n) is 11.3. The summed E-state index contributed by atoms with van der Waals surface area (Å²) in [7, 11) is 0. The Labute approximate surface area is 168 Å². The number of rotatable bonds is 15. The Balaban J connectivity index is 2.15. The second kappa shape index (κ2) is 14.0. The van der Waals surface area contributed by atoms with Gasteiger partial charge in [0.05, 0.1) is 0 Å². The van der Waals surface area contributed by atoms with Gasteiger partial charge in [-0.3, -0.25) is 0 Å². The summed E-state index contributed by atoms with van der Waals surface area (Å²) in [4.78, 5) is 0. The number of aliphatic hydroxyl groups excluding tert-OH is 1. The first-order valence-corrected chi connectivity index (χ1v) is 11.3. The zero-order valence-electron chi connectivity index (χ0n) is 18.3. The number of hydrogen-bond donors (Lipinski definition) is 2. The minimum atomic E-state index is 0.329. The summed E-state index contributed by atoms with van der Waals surface area (Å²) in [6, 6.07) is 7.66. The smallest absolute Gasteiger partial charge is 0.118 e. The predicted octanol–water partition coefficient (Wildman–Crippen LogP) is 6.98. The highest BCUT2D eigenvalue weighted by Crippen LogP contribution is 2.25. The molecule has 0 radical (unpaired) electrons. The van der Waals surface area contributed by atoms with Gasteiger partial charge >= 0.3 is 0 Å². The summed E-state index contributed by atoms with van der Waals surface area (Å²) in [6.07, 6.45) is 12.2. The quantitative estimate of drug-likeness (QED) is 0.346. The van der Waals surface area contributed by atoms with E-state index in [1.165, 1.54) is 44.9 Å². The van der Waals surface area contributed by atoms with Gasteiger partial charge in [0, 0.05) is 6.61 Å². The van der Waals surface area contributed by atoms with E-state index in [2.05, 4.69) is 27.7 Å². The molecule has 0 aliphatic rings. The van der Waals surface area contributed by atoms with E-state index in [-0.39, 0.29) is 0 Å². The van der Waals surface area contributed by atoms with Crippen molar-refractivity contribution >= 4 is 0 Å². The molecule has 0 heterocycles. The topological polar surface area (TPSA) is 40.5 Å². The number of aromatic hydroxyl groups is 1. The van der Waals surface area contributed by atoms with Gasteiger partial charge in [-0.2, -0.15) is 0 Å². The van der Waals surface area contributed by atoms with Gasteiger partial charge in [0.2, 0.25) is 0 Å². The number of para-hydroxylation sites is 1. The van der Waals surface area contributed by atoms with E-state index >= 15 is 0 Å². The molecule has 3 unspecified atom stereocenters. The number of phenols is 1. The number of hydrogen-bond acceptors (Lipinski definition) is 2. The Kier molecular flexibility index (Phi) is 12.5. The van der Waals surface area contributed by atoms with Crippen LogP contribution in [0, 0.1) is 23.7 Å². The Hall–Kier alpha value is -1.02. The molecule has 0 saturated heterocycles. The molecule has 3 atom stereocenters. The van der Waals surface area contributed by atoms with Crippen molar-refractivity contribution in [3.8, 4) is 5.75 Å². The van der Waals surface area contributed by atoms with Crippen molar-refractivity contribution in [1.82, 2.24) is 0 Å². The van der Waals surface area contributed by atoms with Gasteiger partial charge in [-0.25, -0.2) is 0 Å². The fraction of sp³-hybridized carbons (Fsp3) is 0.760. The summed E-state index contributed by atoms with van der Waals surface area (Å²) in [6.45, 7) is 9.59. The first-order chi connectivity index (χ1) is 12.9. The van der Waals surface area contributed by atoms with E-state index in [0.29, 0.717) is 24.2 Å². The monoisotopic (exact) mass is 376 g/mol. The molecule has 0 saturated carbocycles. The maximum Gasteiger partial charge on any atom is 0.118 e. The first kappa shape index (κ1) is 24.0. The summed E-state index contributed by atoms with van der Waals surface area (Å²) in [5.41, 5.74) is 1.05. The van der Waals surface area contributed by atoms with Gasteiger partial charge in [-0.05, 0) is 54.6 Å². The van der Waals surface area contributed by atoms with Crippen molar-refractivity contribution in [2.75, 3.05) is 6.61 Å². The SMILES string of the molecule is CC(C)CCCC(C)CCCC(CO)CCCC(C)Cc1ccccc1O. The second-order valence-electron chi connectivity index (χ2n) is 9.28. The number of aliphatic hydroxyl groups is 1. The van der Waals surface area contributed by atoms with Crippen LogP contribution >= 0.6 is 0 Å². The van der Waals surface area contributed by atoms with E-state index in [9.17, 15) is 10.2 Å². The third-order valence-corrected chi connectivity index (χ3v) is 5.92. The molecule has 1 aromatic carbocycles. The van der Waals surface area contributed by atoms with Crippen LogP contribution in [0.15, 0.2) is 24.3 Å². The van der Waals surface area contributed by atoms with Crippen molar-refractivity contribution < 1.29 is 10.2 Å². The Morgan fingerprint density at radius 1 is 0.741 bits per heavy atom. The van der Waals surface area contributed by atoms with E-state index in [1.54, 1.807) is 6.07 Å². The maximum atomic E-state index is 9.90. The van der Waals surface area contributed by atoms with Gasteiger partial charge in [0.25, 0.3) is 0 Å². The Bertz CT molecular complexity index is 483. The van der Waals surface area contributed by atoms with Crippen LogP contribution in [0.4, 0.5) is 0 Å². The van der Waals surface area contributed by atoms with Crippen LogP contribution in [0.3, 0.4) is 0 Å². The van der Waals surface area contributed by atoms with Crippen LogP contribution in [0.1, 0.15) is 91.0 Å². The third kappa shape index (κ3) is 11.4. The predicted molar refractivity (Wildman–Crippen MR) is 117 cm³/mol. The van der Waals surface area contributed by atoms with Crippen LogP contribution in [-0.4, -0.2) is 16.8 Å². The molecule has 1 aromatic rings. The highest BCUT2D eigenvalue weighted by molar-refractivity contribution is 5.31. The minimum absolute atomic E-state index is 0.329. The van der Waals surface area contributed by atoms with Crippen molar-refractivity contribution in [3.63, 3.8) is 0 Å². The Morgan fingerprint density at radius 2 is 1.30 bits per heavy atom. The molecule has 2 heteroatoms. The molecular weight excluding hydrogens is 332 g/mol. The molecule has 156 valence electrons. The molecule has 2 nitrogen and oxygen atoms in total. The highest BCUT2D eigenvalue weighted by atomic mass is 16.3. The van der Waals surface area contributed by atoms with Gasteiger partial charge in [-0.15, -0.1) is 0 Å². The molecule has 0 bridgehead atoms. The van der Waals surface area contributed by atoms with Gasteiger partial charge in [0.15, 0.2) is 0 Å². The maximum absolute atomic E-state index is 9.90. The number of phenolic OH excluding ortho intramolecular Hbond substituents is 1. The van der Waals surface area contributed by atoms with Crippen LogP contribution < -0.4 is 0 Å². The normalized spacial score (nSPS) is 15.0. The van der Waals surface area contributed by atoms with Crippen LogP contribution in [0.2, 0.25) is 0 Å². The number of benzene rings is 1. The molecular formula is C25H44O2. The lowest BCUT2D eigenvalue weighted by Crippen LogP contribution is -2.08. The molecule has 0 aliphatic carbocycles. The molecule has 0 spiro atoms. The summed E-state index contributed by atoms with van der Waals surface area (Å²) in [5, 5.41) is 19.6. The van der Waals surface area contributed by atoms with Crippen LogP contribution in [0.25, 0.3) is 0 Å². The lowest BCUT2D eigenvalue weighted by molar-refractivity contribution is 0.200. The van der Waals surface area contributed by atoms with Crippen LogP contribution in [-0.2, 0) is 6.42 Å². The van der Waals surface area contributed by atoms with Crippen molar-refractivity contribution in [2.24, 2.45) is 23.7 Å². The van der Waals surface area contributed by atoms with E-state index < -0.39 is 0 Å². The lowest BCUT2D eigenvalue weighted by atomic mass is 9.89. The molecule has 2 N–H and O–H groups in total. The van der Waals surface area contributed by atoms with Crippen LogP contribution in [0.5, 0.6) is 5.75 Å². The summed E-state index contributed by atoms with van der Waals surface area (Å²) >= 11 is 0. The Morgan fingerprint density at radius 3 is 1.85 bits per heavy atom. The average molecular weight is 377 g/mol. The molecule has 0 amide bonds. The molecule has 27 heavy (non-hydrogen) atoms.